The molecule has 0 aliphatic heterocycles. The summed E-state index contributed by atoms with van der Waals surface area (Å²) >= 11 is 0. The van der Waals surface area contributed by atoms with Gasteiger partial charge in [0.15, 0.2) is 11.6 Å². The number of nitrogen functional groups attached to an aromatic ring is 1. The Bertz CT molecular complexity index is 1290. The Morgan fingerprint density at radius 2 is 1.79 bits per heavy atom. The van der Waals surface area contributed by atoms with E-state index in [0.29, 0.717) is 29.2 Å². The van der Waals surface area contributed by atoms with E-state index < -0.39 is 5.82 Å². The van der Waals surface area contributed by atoms with Gasteiger partial charge in [0.05, 0.1) is 36.9 Å². The fraction of sp³-hybridized carbons (Fsp3) is 0.292. The highest BCUT2D eigenvalue weighted by molar-refractivity contribution is 5.72. The largest absolute Gasteiger partial charge is 0.493 e. The molecule has 9 heteroatoms. The van der Waals surface area contributed by atoms with Gasteiger partial charge in [-0.3, -0.25) is 4.98 Å². The van der Waals surface area contributed by atoms with Crippen LogP contribution < -0.4 is 10.5 Å². The Morgan fingerprint density at radius 1 is 1.03 bits per heavy atom. The first kappa shape index (κ1) is 22.3. The van der Waals surface area contributed by atoms with Gasteiger partial charge in [-0.05, 0) is 36.8 Å². The molecular weight excluding hydrogens is 421 g/mol. The second-order valence-electron chi connectivity index (χ2n) is 8.37. The Balaban J connectivity index is 1.64. The average Bonchev–Trinajstić information content (AvgIpc) is 3.27. The summed E-state index contributed by atoms with van der Waals surface area (Å²) in [5.41, 5.74) is 9.77. The molecule has 0 fully saturated rings. The average molecular weight is 448 g/mol. The molecule has 0 saturated carbocycles. The number of methoxy groups -OCH3 is 1. The van der Waals surface area contributed by atoms with Crippen molar-refractivity contribution in [2.75, 3.05) is 12.8 Å². The molecule has 0 spiro atoms. The summed E-state index contributed by atoms with van der Waals surface area (Å²) < 4.78 is 21.1. The number of aromatic nitrogens is 6. The van der Waals surface area contributed by atoms with Crippen LogP contribution in [-0.4, -0.2) is 37.1 Å². The molecule has 4 aromatic rings. The van der Waals surface area contributed by atoms with Crippen molar-refractivity contribution in [1.82, 2.24) is 29.9 Å². The smallest absolute Gasteiger partial charge is 0.221 e. The summed E-state index contributed by atoms with van der Waals surface area (Å²) in [5, 5.41) is 8.46. The topological polar surface area (TPSA) is 105 Å². The SMILES string of the molecule is CCC(C)(C)c1cccc(Cn2cc(-c3cc(-c4cccc(F)c4OC)nc(N)n3)nn2)n1. The molecule has 0 unspecified atom stereocenters. The van der Waals surface area contributed by atoms with Gasteiger partial charge in [-0.15, -0.1) is 5.10 Å². The predicted molar refractivity (Wildman–Crippen MR) is 124 cm³/mol. The number of hydrogen-bond acceptors (Lipinski definition) is 7. The van der Waals surface area contributed by atoms with Crippen molar-refractivity contribution in [1.29, 1.82) is 0 Å². The van der Waals surface area contributed by atoms with Crippen molar-refractivity contribution >= 4 is 5.95 Å². The van der Waals surface area contributed by atoms with Crippen LogP contribution in [0.5, 0.6) is 5.75 Å². The van der Waals surface area contributed by atoms with E-state index in [1.165, 1.54) is 13.2 Å². The molecule has 0 amide bonds. The van der Waals surface area contributed by atoms with Gasteiger partial charge in [-0.2, -0.15) is 0 Å². The zero-order valence-corrected chi connectivity index (χ0v) is 19.1. The minimum absolute atomic E-state index is 0.00358. The molecule has 0 radical (unpaired) electrons. The fourth-order valence-electron chi connectivity index (χ4n) is 3.44. The van der Waals surface area contributed by atoms with Crippen molar-refractivity contribution in [2.45, 2.75) is 39.2 Å². The Labute approximate surface area is 191 Å². The van der Waals surface area contributed by atoms with Gasteiger partial charge in [-0.25, -0.2) is 19.0 Å². The van der Waals surface area contributed by atoms with Crippen LogP contribution in [-0.2, 0) is 12.0 Å². The highest BCUT2D eigenvalue weighted by atomic mass is 19.1. The van der Waals surface area contributed by atoms with E-state index >= 15 is 0 Å². The monoisotopic (exact) mass is 447 g/mol. The van der Waals surface area contributed by atoms with Crippen molar-refractivity contribution in [3.8, 4) is 28.4 Å². The summed E-state index contributed by atoms with van der Waals surface area (Å²) in [6.07, 6.45) is 2.76. The number of halogens is 1. The normalized spacial score (nSPS) is 11.5. The zero-order chi connectivity index (χ0) is 23.6. The van der Waals surface area contributed by atoms with Crippen LogP contribution in [0.3, 0.4) is 0 Å². The molecule has 0 aliphatic carbocycles. The van der Waals surface area contributed by atoms with E-state index in [9.17, 15) is 4.39 Å². The van der Waals surface area contributed by atoms with Crippen LogP contribution in [0, 0.1) is 5.82 Å². The van der Waals surface area contributed by atoms with Crippen LogP contribution in [0.1, 0.15) is 38.6 Å². The summed E-state index contributed by atoms with van der Waals surface area (Å²) in [6.45, 7) is 6.97. The number of nitrogens with two attached hydrogens (primary N) is 1. The summed E-state index contributed by atoms with van der Waals surface area (Å²) in [7, 11) is 1.41. The van der Waals surface area contributed by atoms with E-state index in [2.05, 4.69) is 41.1 Å². The lowest BCUT2D eigenvalue weighted by Gasteiger charge is -2.22. The van der Waals surface area contributed by atoms with E-state index in [-0.39, 0.29) is 17.1 Å². The van der Waals surface area contributed by atoms with E-state index in [1.807, 2.05) is 18.2 Å². The second kappa shape index (κ2) is 8.93. The minimum atomic E-state index is -0.486. The third-order valence-corrected chi connectivity index (χ3v) is 5.70. The third-order valence-electron chi connectivity index (χ3n) is 5.70. The Morgan fingerprint density at radius 3 is 2.55 bits per heavy atom. The molecule has 4 rings (SSSR count). The predicted octanol–water partition coefficient (Wildman–Crippen LogP) is 4.26. The zero-order valence-electron chi connectivity index (χ0n) is 19.1. The van der Waals surface area contributed by atoms with Gasteiger partial charge in [0, 0.05) is 16.7 Å². The van der Waals surface area contributed by atoms with Gasteiger partial charge in [0.2, 0.25) is 5.95 Å². The van der Waals surface area contributed by atoms with Gasteiger partial charge in [-0.1, -0.05) is 38.1 Å². The third kappa shape index (κ3) is 4.67. The number of ether oxygens (including phenoxy) is 1. The van der Waals surface area contributed by atoms with Crippen molar-refractivity contribution in [3.63, 3.8) is 0 Å². The first-order valence-corrected chi connectivity index (χ1v) is 10.6. The van der Waals surface area contributed by atoms with E-state index in [0.717, 1.165) is 17.8 Å². The molecule has 0 saturated heterocycles. The van der Waals surface area contributed by atoms with Crippen LogP contribution in [0.4, 0.5) is 10.3 Å². The van der Waals surface area contributed by atoms with Crippen LogP contribution in [0.25, 0.3) is 22.6 Å². The lowest BCUT2D eigenvalue weighted by molar-refractivity contribution is 0.388. The maximum atomic E-state index is 14.2. The number of benzene rings is 1. The minimum Gasteiger partial charge on any atom is -0.493 e. The molecule has 0 aliphatic rings. The van der Waals surface area contributed by atoms with Crippen molar-refractivity contribution in [3.05, 3.63) is 65.9 Å². The number of hydrogen-bond donors (Lipinski definition) is 1. The lowest BCUT2D eigenvalue weighted by atomic mass is 9.86. The van der Waals surface area contributed by atoms with Gasteiger partial charge >= 0.3 is 0 Å². The molecule has 8 nitrogen and oxygen atoms in total. The summed E-state index contributed by atoms with van der Waals surface area (Å²) in [4.78, 5) is 13.3. The quantitative estimate of drug-likeness (QED) is 0.451. The van der Waals surface area contributed by atoms with Crippen molar-refractivity contribution < 1.29 is 9.13 Å². The number of anilines is 1. The molecule has 170 valence electrons. The molecule has 2 N–H and O–H groups in total. The molecule has 0 bridgehead atoms. The highest BCUT2D eigenvalue weighted by Crippen LogP contribution is 2.33. The summed E-state index contributed by atoms with van der Waals surface area (Å²) in [6, 6.07) is 12.3. The standard InChI is InChI=1S/C24H26FN7O/c1-5-24(2,3)21-11-6-8-15(27-21)13-32-14-20(30-31-32)19-12-18(28-23(26)29-19)16-9-7-10-17(25)22(16)33-4/h6-12,14H,5,13H2,1-4H3,(H2,26,28,29). The van der Waals surface area contributed by atoms with Crippen molar-refractivity contribution in [2.24, 2.45) is 0 Å². The second-order valence-corrected chi connectivity index (χ2v) is 8.37. The Hall–Kier alpha value is -3.88. The van der Waals surface area contributed by atoms with Gasteiger partial charge in [0.1, 0.15) is 5.69 Å². The Kier molecular flexibility index (Phi) is 6.04. The summed E-state index contributed by atoms with van der Waals surface area (Å²) in [5.74, 6) is -0.355. The molecule has 3 aromatic heterocycles. The first-order chi connectivity index (χ1) is 15.8. The van der Waals surface area contributed by atoms with E-state index in [1.54, 1.807) is 29.1 Å². The van der Waals surface area contributed by atoms with Gasteiger partial charge < -0.3 is 10.5 Å². The van der Waals surface area contributed by atoms with Crippen LogP contribution in [0.15, 0.2) is 48.7 Å². The number of nitrogens with zero attached hydrogens (tertiary/aromatic N) is 6. The highest BCUT2D eigenvalue weighted by Gasteiger charge is 2.20. The maximum Gasteiger partial charge on any atom is 0.221 e. The van der Waals surface area contributed by atoms with Gasteiger partial charge in [0.25, 0.3) is 0 Å². The molecular formula is C24H26FN7O. The molecule has 33 heavy (non-hydrogen) atoms. The first-order valence-electron chi connectivity index (χ1n) is 10.6. The molecule has 1 aromatic carbocycles. The van der Waals surface area contributed by atoms with Crippen LogP contribution in [0.2, 0.25) is 0 Å². The van der Waals surface area contributed by atoms with E-state index in [4.69, 9.17) is 15.5 Å². The number of pyridine rings is 1. The molecule has 3 heterocycles. The maximum absolute atomic E-state index is 14.2. The number of rotatable bonds is 7. The number of para-hydroxylation sites is 1. The lowest BCUT2D eigenvalue weighted by Crippen LogP contribution is -2.18. The fourth-order valence-corrected chi connectivity index (χ4v) is 3.44. The molecule has 0 atom stereocenters. The van der Waals surface area contributed by atoms with Crippen LogP contribution >= 0.6 is 0 Å².